The fourth-order valence-corrected chi connectivity index (χ4v) is 2.51. The van der Waals surface area contributed by atoms with Crippen molar-refractivity contribution in [1.82, 2.24) is 4.90 Å². The molecule has 21 heavy (non-hydrogen) atoms. The maximum atomic E-state index is 12.8. The number of carbonyl (C=O) groups excluding carboxylic acids is 1. The summed E-state index contributed by atoms with van der Waals surface area (Å²) in [6.07, 6.45) is -1.25. The Labute approximate surface area is 121 Å². The van der Waals surface area contributed by atoms with Crippen LogP contribution < -0.4 is 5.73 Å². The van der Waals surface area contributed by atoms with Gasteiger partial charge >= 0.3 is 6.18 Å². The Kier molecular flexibility index (Phi) is 4.44. The van der Waals surface area contributed by atoms with Gasteiger partial charge in [-0.2, -0.15) is 13.2 Å². The van der Waals surface area contributed by atoms with Crippen LogP contribution in [0.1, 0.15) is 42.1 Å². The van der Waals surface area contributed by atoms with Gasteiger partial charge in [-0.25, -0.2) is 0 Å². The summed E-state index contributed by atoms with van der Waals surface area (Å²) in [5.41, 5.74) is 4.07. The van der Waals surface area contributed by atoms with E-state index < -0.39 is 23.3 Å². The fourth-order valence-electron chi connectivity index (χ4n) is 2.51. The number of nitrogens with two attached hydrogens (primary N) is 1. The summed E-state index contributed by atoms with van der Waals surface area (Å²) >= 11 is 0. The Balaban J connectivity index is 2.25. The third kappa shape index (κ3) is 3.31. The summed E-state index contributed by atoms with van der Waals surface area (Å²) in [7, 11) is 0. The molecule has 0 saturated heterocycles. The molecular formula is C15H19F3N2O. The molecule has 2 N–H and O–H groups in total. The van der Waals surface area contributed by atoms with Crippen molar-refractivity contribution in [1.29, 1.82) is 0 Å². The third-order valence-electron chi connectivity index (χ3n) is 4.01. The first-order chi connectivity index (χ1) is 9.84. The summed E-state index contributed by atoms with van der Waals surface area (Å²) in [6.45, 7) is 2.87. The molecule has 0 heterocycles. The quantitative estimate of drug-likeness (QED) is 0.864. The highest BCUT2D eigenvalue weighted by Gasteiger charge is 2.35. The lowest BCUT2D eigenvalue weighted by Crippen LogP contribution is -2.37. The summed E-state index contributed by atoms with van der Waals surface area (Å²) in [6, 6.07) is 3.48. The highest BCUT2D eigenvalue weighted by Crippen LogP contribution is 2.35. The number of para-hydroxylation sites is 1. The highest BCUT2D eigenvalue weighted by atomic mass is 19.4. The van der Waals surface area contributed by atoms with Crippen molar-refractivity contribution >= 4 is 11.6 Å². The van der Waals surface area contributed by atoms with Gasteiger partial charge in [0.25, 0.3) is 5.91 Å². The van der Waals surface area contributed by atoms with Gasteiger partial charge in [-0.15, -0.1) is 0 Å². The third-order valence-corrected chi connectivity index (χ3v) is 4.01. The topological polar surface area (TPSA) is 46.3 Å². The number of halogens is 3. The molecule has 0 spiro atoms. The number of rotatable bonds is 4. The average Bonchev–Trinajstić information content (AvgIpc) is 2.36. The number of carbonyl (C=O) groups is 1. The molecule has 0 radical (unpaired) electrons. The molecule has 0 aromatic heterocycles. The molecule has 2 rings (SSSR count). The van der Waals surface area contributed by atoms with Gasteiger partial charge in [-0.1, -0.05) is 12.5 Å². The van der Waals surface area contributed by atoms with Crippen LogP contribution in [-0.4, -0.2) is 23.9 Å². The first-order valence-corrected chi connectivity index (χ1v) is 7.09. The van der Waals surface area contributed by atoms with E-state index in [9.17, 15) is 18.0 Å². The predicted octanol–water partition coefficient (Wildman–Crippen LogP) is 3.55. The second kappa shape index (κ2) is 5.95. The molecule has 116 valence electrons. The Morgan fingerprint density at radius 2 is 2.05 bits per heavy atom. The number of nitrogens with zero attached hydrogens (tertiary/aromatic N) is 1. The Morgan fingerprint density at radius 3 is 2.52 bits per heavy atom. The minimum atomic E-state index is -4.55. The molecule has 1 saturated carbocycles. The van der Waals surface area contributed by atoms with Crippen LogP contribution in [0, 0.1) is 5.92 Å². The normalized spacial score (nSPS) is 15.6. The molecule has 0 aliphatic heterocycles. The van der Waals surface area contributed by atoms with Crippen LogP contribution in [0.3, 0.4) is 0 Å². The minimum Gasteiger partial charge on any atom is -0.398 e. The number of hydrogen-bond donors (Lipinski definition) is 1. The molecule has 0 bridgehead atoms. The molecular weight excluding hydrogens is 281 g/mol. The zero-order chi connectivity index (χ0) is 15.6. The summed E-state index contributed by atoms with van der Waals surface area (Å²) < 4.78 is 38.5. The van der Waals surface area contributed by atoms with Crippen molar-refractivity contribution in [2.45, 2.75) is 32.4 Å². The van der Waals surface area contributed by atoms with Gasteiger partial charge in [0.05, 0.1) is 16.8 Å². The maximum absolute atomic E-state index is 12.8. The monoisotopic (exact) mass is 300 g/mol. The number of amides is 1. The lowest BCUT2D eigenvalue weighted by atomic mass is 9.85. The van der Waals surface area contributed by atoms with Gasteiger partial charge in [-0.05, 0) is 37.8 Å². The van der Waals surface area contributed by atoms with E-state index in [0.717, 1.165) is 25.3 Å². The van der Waals surface area contributed by atoms with E-state index >= 15 is 0 Å². The van der Waals surface area contributed by atoms with Gasteiger partial charge in [0.1, 0.15) is 0 Å². The molecule has 0 unspecified atom stereocenters. The van der Waals surface area contributed by atoms with E-state index in [1.165, 1.54) is 12.1 Å². The van der Waals surface area contributed by atoms with Crippen molar-refractivity contribution in [3.05, 3.63) is 29.3 Å². The minimum absolute atomic E-state index is 0.0639. The zero-order valence-electron chi connectivity index (χ0n) is 11.9. The van der Waals surface area contributed by atoms with E-state index in [1.807, 2.05) is 6.92 Å². The van der Waals surface area contributed by atoms with Crippen LogP contribution in [-0.2, 0) is 6.18 Å². The van der Waals surface area contributed by atoms with Crippen LogP contribution in [0.2, 0.25) is 0 Å². The van der Waals surface area contributed by atoms with Crippen LogP contribution in [0.5, 0.6) is 0 Å². The van der Waals surface area contributed by atoms with Crippen LogP contribution in [0.15, 0.2) is 18.2 Å². The van der Waals surface area contributed by atoms with Gasteiger partial charge < -0.3 is 10.6 Å². The molecule has 3 nitrogen and oxygen atoms in total. The van der Waals surface area contributed by atoms with E-state index in [4.69, 9.17) is 5.73 Å². The standard InChI is InChI=1S/C15H19F3N2O/c1-2-20(9-10-5-3-6-10)14(21)11-7-4-8-12(13(11)19)15(16,17)18/h4,7-8,10H,2-3,5-6,9,19H2,1H3. The summed E-state index contributed by atoms with van der Waals surface area (Å²) in [4.78, 5) is 14.0. The lowest BCUT2D eigenvalue weighted by Gasteiger charge is -2.32. The first kappa shape index (κ1) is 15.7. The molecule has 6 heteroatoms. The van der Waals surface area contributed by atoms with E-state index in [0.29, 0.717) is 19.0 Å². The number of hydrogen-bond acceptors (Lipinski definition) is 2. The average molecular weight is 300 g/mol. The van der Waals surface area contributed by atoms with E-state index in [2.05, 4.69) is 0 Å². The number of alkyl halides is 3. The number of nitrogen functional groups attached to an aromatic ring is 1. The lowest BCUT2D eigenvalue weighted by molar-refractivity contribution is -0.136. The zero-order valence-corrected chi connectivity index (χ0v) is 11.9. The largest absolute Gasteiger partial charge is 0.418 e. The van der Waals surface area contributed by atoms with Crippen LogP contribution in [0.25, 0.3) is 0 Å². The number of anilines is 1. The van der Waals surface area contributed by atoms with E-state index in [1.54, 1.807) is 4.90 Å². The SMILES string of the molecule is CCN(CC1CCC1)C(=O)c1cccc(C(F)(F)F)c1N. The fraction of sp³-hybridized carbons (Fsp3) is 0.533. The predicted molar refractivity (Wildman–Crippen MR) is 74.8 cm³/mol. The maximum Gasteiger partial charge on any atom is 0.418 e. The van der Waals surface area contributed by atoms with Crippen molar-refractivity contribution in [3.63, 3.8) is 0 Å². The summed E-state index contributed by atoms with van der Waals surface area (Å²) in [5, 5.41) is 0. The molecule has 1 aliphatic rings. The Morgan fingerprint density at radius 1 is 1.38 bits per heavy atom. The molecule has 1 fully saturated rings. The molecule has 1 aromatic rings. The molecule has 1 amide bonds. The van der Waals surface area contributed by atoms with Crippen molar-refractivity contribution in [2.24, 2.45) is 5.92 Å². The van der Waals surface area contributed by atoms with Gasteiger partial charge in [-0.3, -0.25) is 4.79 Å². The smallest absolute Gasteiger partial charge is 0.398 e. The van der Waals surface area contributed by atoms with Gasteiger partial charge in [0.15, 0.2) is 0 Å². The Hall–Kier alpha value is -1.72. The molecule has 0 atom stereocenters. The van der Waals surface area contributed by atoms with Gasteiger partial charge in [0.2, 0.25) is 0 Å². The van der Waals surface area contributed by atoms with Crippen molar-refractivity contribution in [3.8, 4) is 0 Å². The molecule has 1 aromatic carbocycles. The van der Waals surface area contributed by atoms with Crippen LogP contribution in [0.4, 0.5) is 18.9 Å². The molecule has 1 aliphatic carbocycles. The second-order valence-electron chi connectivity index (χ2n) is 5.41. The first-order valence-electron chi connectivity index (χ1n) is 7.09. The van der Waals surface area contributed by atoms with Crippen molar-refractivity contribution in [2.75, 3.05) is 18.8 Å². The summed E-state index contributed by atoms with van der Waals surface area (Å²) in [5.74, 6) is 0.0360. The van der Waals surface area contributed by atoms with Crippen molar-refractivity contribution < 1.29 is 18.0 Å². The highest BCUT2D eigenvalue weighted by molar-refractivity contribution is 5.99. The van der Waals surface area contributed by atoms with E-state index in [-0.39, 0.29) is 5.56 Å². The number of benzene rings is 1. The van der Waals surface area contributed by atoms with Crippen LogP contribution >= 0.6 is 0 Å². The Bertz CT molecular complexity index is 524. The second-order valence-corrected chi connectivity index (χ2v) is 5.41. The van der Waals surface area contributed by atoms with Gasteiger partial charge in [0, 0.05) is 13.1 Å².